The molecular weight excluding hydrogens is 358 g/mol. The molecule has 3 rings (SSSR count). The van der Waals surface area contributed by atoms with Gasteiger partial charge in [-0.1, -0.05) is 6.07 Å². The largest absolute Gasteiger partial charge is 0.494 e. The van der Waals surface area contributed by atoms with Crippen LogP contribution in [0.4, 0.5) is 0 Å². The minimum absolute atomic E-state index is 0.0117. The standard InChI is InChI=1S/C22H27NO5/c1-4-27-17-8-10-18(11-9-17)28-15-22(24)23-13-5-6-19(23)16-7-12-20(25-2)21(14-16)26-3/h7-12,14,19H,4-6,13,15H2,1-3H3. The van der Waals surface area contributed by atoms with E-state index in [0.717, 1.165) is 30.7 Å². The van der Waals surface area contributed by atoms with Gasteiger partial charge in [0, 0.05) is 6.54 Å². The van der Waals surface area contributed by atoms with Crippen molar-refractivity contribution < 1.29 is 23.7 Å². The lowest BCUT2D eigenvalue weighted by atomic mass is 10.0. The van der Waals surface area contributed by atoms with Gasteiger partial charge in [-0.25, -0.2) is 0 Å². The summed E-state index contributed by atoms with van der Waals surface area (Å²) < 4.78 is 21.8. The predicted octanol–water partition coefficient (Wildman–Crippen LogP) is 3.85. The molecule has 6 nitrogen and oxygen atoms in total. The van der Waals surface area contributed by atoms with Crippen LogP contribution in [-0.2, 0) is 4.79 Å². The zero-order chi connectivity index (χ0) is 19.9. The number of rotatable bonds is 8. The maximum absolute atomic E-state index is 12.8. The van der Waals surface area contributed by atoms with Crippen LogP contribution in [0.2, 0.25) is 0 Å². The first kappa shape index (κ1) is 19.9. The molecule has 0 spiro atoms. The fraction of sp³-hybridized carbons (Fsp3) is 0.409. The first-order valence-electron chi connectivity index (χ1n) is 9.53. The molecule has 1 atom stereocenters. The second-order valence-electron chi connectivity index (χ2n) is 6.55. The normalized spacial score (nSPS) is 16.0. The van der Waals surface area contributed by atoms with Gasteiger partial charge in [-0.05, 0) is 61.7 Å². The Morgan fingerprint density at radius 1 is 1.00 bits per heavy atom. The Labute approximate surface area is 166 Å². The molecule has 0 N–H and O–H groups in total. The average Bonchev–Trinajstić information content (AvgIpc) is 3.22. The fourth-order valence-electron chi connectivity index (χ4n) is 3.50. The third-order valence-electron chi connectivity index (χ3n) is 4.86. The van der Waals surface area contributed by atoms with Crippen LogP contribution in [0.5, 0.6) is 23.0 Å². The van der Waals surface area contributed by atoms with E-state index in [0.29, 0.717) is 23.9 Å². The Balaban J connectivity index is 1.64. The summed E-state index contributed by atoms with van der Waals surface area (Å²) in [6, 6.07) is 13.1. The number of likely N-dealkylation sites (tertiary alicyclic amines) is 1. The van der Waals surface area contributed by atoms with Crippen molar-refractivity contribution in [2.75, 3.05) is 34.0 Å². The van der Waals surface area contributed by atoms with Gasteiger partial charge in [-0.15, -0.1) is 0 Å². The van der Waals surface area contributed by atoms with Crippen LogP contribution in [0.3, 0.4) is 0 Å². The van der Waals surface area contributed by atoms with Gasteiger partial charge in [0.15, 0.2) is 18.1 Å². The minimum atomic E-state index is -0.0221. The molecule has 28 heavy (non-hydrogen) atoms. The van der Waals surface area contributed by atoms with E-state index in [1.54, 1.807) is 14.2 Å². The average molecular weight is 385 g/mol. The van der Waals surface area contributed by atoms with Gasteiger partial charge < -0.3 is 23.8 Å². The summed E-state index contributed by atoms with van der Waals surface area (Å²) in [5.41, 5.74) is 1.05. The molecule has 2 aromatic rings. The van der Waals surface area contributed by atoms with E-state index in [-0.39, 0.29) is 18.6 Å². The van der Waals surface area contributed by atoms with Crippen molar-refractivity contribution in [3.63, 3.8) is 0 Å². The van der Waals surface area contributed by atoms with Crippen molar-refractivity contribution >= 4 is 5.91 Å². The molecule has 1 saturated heterocycles. The molecule has 1 amide bonds. The summed E-state index contributed by atoms with van der Waals surface area (Å²) >= 11 is 0. The molecule has 1 fully saturated rings. The van der Waals surface area contributed by atoms with E-state index in [1.807, 2.05) is 54.3 Å². The van der Waals surface area contributed by atoms with Crippen molar-refractivity contribution in [1.82, 2.24) is 4.90 Å². The van der Waals surface area contributed by atoms with Gasteiger partial charge in [0.2, 0.25) is 0 Å². The minimum Gasteiger partial charge on any atom is -0.494 e. The van der Waals surface area contributed by atoms with Gasteiger partial charge >= 0.3 is 0 Å². The first-order chi connectivity index (χ1) is 13.7. The molecule has 0 saturated carbocycles. The highest BCUT2D eigenvalue weighted by atomic mass is 16.5. The van der Waals surface area contributed by atoms with Crippen molar-refractivity contribution in [3.8, 4) is 23.0 Å². The number of carbonyl (C=O) groups excluding carboxylic acids is 1. The number of ether oxygens (including phenoxy) is 4. The summed E-state index contributed by atoms with van der Waals surface area (Å²) in [5, 5.41) is 0. The third kappa shape index (κ3) is 4.50. The zero-order valence-corrected chi connectivity index (χ0v) is 16.6. The zero-order valence-electron chi connectivity index (χ0n) is 16.6. The Morgan fingerprint density at radius 3 is 2.32 bits per heavy atom. The Morgan fingerprint density at radius 2 is 1.68 bits per heavy atom. The highest BCUT2D eigenvalue weighted by Gasteiger charge is 2.30. The van der Waals surface area contributed by atoms with Gasteiger partial charge in [-0.2, -0.15) is 0 Å². The van der Waals surface area contributed by atoms with Crippen molar-refractivity contribution in [3.05, 3.63) is 48.0 Å². The van der Waals surface area contributed by atoms with Crippen LogP contribution in [0.25, 0.3) is 0 Å². The molecule has 0 bridgehead atoms. The molecule has 1 heterocycles. The molecule has 2 aromatic carbocycles. The number of carbonyl (C=O) groups is 1. The second kappa shape index (κ2) is 9.35. The molecule has 1 unspecified atom stereocenters. The number of nitrogens with zero attached hydrogens (tertiary/aromatic N) is 1. The number of amides is 1. The van der Waals surface area contributed by atoms with Crippen LogP contribution < -0.4 is 18.9 Å². The maximum atomic E-state index is 12.8. The summed E-state index contributed by atoms with van der Waals surface area (Å²) in [4.78, 5) is 14.7. The van der Waals surface area contributed by atoms with Gasteiger partial charge in [0.25, 0.3) is 5.91 Å². The molecule has 1 aliphatic rings. The van der Waals surface area contributed by atoms with E-state index in [4.69, 9.17) is 18.9 Å². The molecule has 1 aliphatic heterocycles. The highest BCUT2D eigenvalue weighted by Crippen LogP contribution is 2.37. The molecule has 0 aromatic heterocycles. The lowest BCUT2D eigenvalue weighted by Crippen LogP contribution is -2.34. The van der Waals surface area contributed by atoms with E-state index >= 15 is 0 Å². The van der Waals surface area contributed by atoms with Crippen LogP contribution in [-0.4, -0.2) is 44.8 Å². The number of hydrogen-bond acceptors (Lipinski definition) is 5. The first-order valence-corrected chi connectivity index (χ1v) is 9.53. The van der Waals surface area contributed by atoms with Crippen molar-refractivity contribution in [2.45, 2.75) is 25.8 Å². The lowest BCUT2D eigenvalue weighted by Gasteiger charge is -2.25. The Hall–Kier alpha value is -2.89. The summed E-state index contributed by atoms with van der Waals surface area (Å²) in [6.07, 6.45) is 1.89. The molecule has 0 radical (unpaired) electrons. The molecular formula is C22H27NO5. The van der Waals surface area contributed by atoms with Crippen LogP contribution in [0, 0.1) is 0 Å². The van der Waals surface area contributed by atoms with E-state index in [1.165, 1.54) is 0 Å². The van der Waals surface area contributed by atoms with E-state index in [2.05, 4.69) is 0 Å². The van der Waals surface area contributed by atoms with Crippen LogP contribution in [0.1, 0.15) is 31.4 Å². The molecule has 150 valence electrons. The Bertz CT molecular complexity index is 790. The molecule has 0 aliphatic carbocycles. The Kier molecular flexibility index (Phi) is 6.63. The number of hydrogen-bond donors (Lipinski definition) is 0. The smallest absolute Gasteiger partial charge is 0.261 e. The predicted molar refractivity (Wildman–Crippen MR) is 106 cm³/mol. The fourth-order valence-corrected chi connectivity index (χ4v) is 3.50. The monoisotopic (exact) mass is 385 g/mol. The van der Waals surface area contributed by atoms with Crippen molar-refractivity contribution in [2.24, 2.45) is 0 Å². The lowest BCUT2D eigenvalue weighted by molar-refractivity contribution is -0.134. The van der Waals surface area contributed by atoms with E-state index in [9.17, 15) is 4.79 Å². The van der Waals surface area contributed by atoms with Gasteiger partial charge in [-0.3, -0.25) is 4.79 Å². The summed E-state index contributed by atoms with van der Waals surface area (Å²) in [5.74, 6) is 2.77. The molecule has 6 heteroatoms. The van der Waals surface area contributed by atoms with Gasteiger partial charge in [0.05, 0.1) is 26.9 Å². The topological polar surface area (TPSA) is 57.2 Å². The summed E-state index contributed by atoms with van der Waals surface area (Å²) in [6.45, 7) is 3.29. The van der Waals surface area contributed by atoms with Crippen LogP contribution >= 0.6 is 0 Å². The van der Waals surface area contributed by atoms with Crippen molar-refractivity contribution in [1.29, 1.82) is 0 Å². The number of methoxy groups -OCH3 is 2. The third-order valence-corrected chi connectivity index (χ3v) is 4.86. The number of benzene rings is 2. The van der Waals surface area contributed by atoms with Gasteiger partial charge in [0.1, 0.15) is 11.5 Å². The SMILES string of the molecule is CCOc1ccc(OCC(=O)N2CCCC2c2ccc(OC)c(OC)c2)cc1. The quantitative estimate of drug-likeness (QED) is 0.691. The van der Waals surface area contributed by atoms with Crippen LogP contribution in [0.15, 0.2) is 42.5 Å². The second-order valence-corrected chi connectivity index (χ2v) is 6.55. The maximum Gasteiger partial charge on any atom is 0.261 e. The van der Waals surface area contributed by atoms with E-state index < -0.39 is 0 Å². The highest BCUT2D eigenvalue weighted by molar-refractivity contribution is 5.78. The summed E-state index contributed by atoms with van der Waals surface area (Å²) in [7, 11) is 3.23.